The highest BCUT2D eigenvalue weighted by atomic mass is 16.6. The third-order valence-electron chi connectivity index (χ3n) is 13.2. The van der Waals surface area contributed by atoms with Gasteiger partial charge in [-0.05, 0) is 31.1 Å². The van der Waals surface area contributed by atoms with Crippen LogP contribution in [0.3, 0.4) is 0 Å². The minimum atomic E-state index is -0.761. The number of unbranched alkanes of at least 4 members (excludes halogenated alkanes) is 37. The van der Waals surface area contributed by atoms with Crippen molar-refractivity contribution in [3.8, 4) is 0 Å². The first-order chi connectivity index (χ1) is 31.2. The predicted octanol–water partition coefficient (Wildman–Crippen LogP) is 18.9. The molecule has 0 aliphatic heterocycles. The molecule has 0 radical (unpaired) electrons. The van der Waals surface area contributed by atoms with E-state index in [0.29, 0.717) is 19.3 Å². The number of ether oxygens (including phenoxy) is 3. The van der Waals surface area contributed by atoms with E-state index in [0.717, 1.165) is 69.6 Å². The summed E-state index contributed by atoms with van der Waals surface area (Å²) in [7, 11) is 0. The zero-order valence-electron chi connectivity index (χ0n) is 43.9. The molecule has 0 fully saturated rings. The molecule has 1 atom stereocenters. The predicted molar refractivity (Wildman–Crippen MR) is 275 cm³/mol. The van der Waals surface area contributed by atoms with Crippen LogP contribution in [0.4, 0.5) is 0 Å². The van der Waals surface area contributed by atoms with Crippen LogP contribution in [0.15, 0.2) is 0 Å². The summed E-state index contributed by atoms with van der Waals surface area (Å²) in [6, 6.07) is 0. The summed E-state index contributed by atoms with van der Waals surface area (Å²) in [6.07, 6.45) is 53.9. The van der Waals surface area contributed by atoms with Crippen LogP contribution in [0.1, 0.15) is 324 Å². The molecule has 0 aromatic rings. The first kappa shape index (κ1) is 62.4. The van der Waals surface area contributed by atoms with Gasteiger partial charge in [0, 0.05) is 19.3 Å². The first-order valence-corrected chi connectivity index (χ1v) is 28.7. The van der Waals surface area contributed by atoms with E-state index in [1.165, 1.54) is 212 Å². The molecule has 0 saturated heterocycles. The summed E-state index contributed by atoms with van der Waals surface area (Å²) in [6.45, 7) is 11.4. The van der Waals surface area contributed by atoms with Gasteiger partial charge in [0.25, 0.3) is 0 Å². The lowest BCUT2D eigenvalue weighted by molar-refractivity contribution is -0.167. The molecule has 0 aromatic heterocycles. The maximum atomic E-state index is 12.8. The Bertz CT molecular complexity index is 978. The van der Waals surface area contributed by atoms with Gasteiger partial charge in [-0.15, -0.1) is 0 Å². The van der Waals surface area contributed by atoms with Crippen molar-refractivity contribution in [1.29, 1.82) is 0 Å². The summed E-state index contributed by atoms with van der Waals surface area (Å²) >= 11 is 0. The lowest BCUT2D eigenvalue weighted by atomic mass is 10.0. The largest absolute Gasteiger partial charge is 0.462 e. The van der Waals surface area contributed by atoms with Gasteiger partial charge < -0.3 is 14.2 Å². The third-order valence-corrected chi connectivity index (χ3v) is 13.2. The quantitative estimate of drug-likeness (QED) is 0.0344. The van der Waals surface area contributed by atoms with Crippen molar-refractivity contribution in [2.75, 3.05) is 13.2 Å². The van der Waals surface area contributed by atoms with Crippen LogP contribution in [-0.2, 0) is 28.6 Å². The number of rotatable bonds is 52. The topological polar surface area (TPSA) is 78.9 Å². The van der Waals surface area contributed by atoms with Crippen molar-refractivity contribution in [1.82, 2.24) is 0 Å². The molecule has 0 unspecified atom stereocenters. The molecular formula is C58H112O6. The number of hydrogen-bond donors (Lipinski definition) is 0. The third kappa shape index (κ3) is 51.4. The zero-order valence-corrected chi connectivity index (χ0v) is 43.9. The Hall–Kier alpha value is -1.59. The van der Waals surface area contributed by atoms with Crippen LogP contribution < -0.4 is 0 Å². The Kier molecular flexibility index (Phi) is 49.6. The summed E-state index contributed by atoms with van der Waals surface area (Å²) in [5.74, 6) is 0.855. The average molecular weight is 906 g/mol. The van der Waals surface area contributed by atoms with Crippen LogP contribution >= 0.6 is 0 Å². The van der Waals surface area contributed by atoms with E-state index in [1.807, 2.05) is 0 Å². The minimum Gasteiger partial charge on any atom is -0.462 e. The van der Waals surface area contributed by atoms with Crippen molar-refractivity contribution < 1.29 is 28.6 Å². The molecule has 64 heavy (non-hydrogen) atoms. The molecule has 0 saturated carbocycles. The van der Waals surface area contributed by atoms with Gasteiger partial charge in [-0.25, -0.2) is 0 Å². The Morgan fingerprint density at radius 1 is 0.297 bits per heavy atom. The molecular weight excluding hydrogens is 793 g/mol. The Balaban J connectivity index is 4.20. The molecule has 0 rings (SSSR count). The highest BCUT2D eigenvalue weighted by molar-refractivity contribution is 5.71. The molecule has 0 N–H and O–H groups in total. The van der Waals surface area contributed by atoms with Gasteiger partial charge in [0.15, 0.2) is 6.10 Å². The van der Waals surface area contributed by atoms with Gasteiger partial charge in [-0.1, -0.05) is 285 Å². The van der Waals surface area contributed by atoms with Gasteiger partial charge in [0.2, 0.25) is 0 Å². The Morgan fingerprint density at radius 2 is 0.516 bits per heavy atom. The van der Waals surface area contributed by atoms with Crippen LogP contribution in [0.2, 0.25) is 0 Å². The number of carbonyl (C=O) groups is 3. The number of esters is 3. The first-order valence-electron chi connectivity index (χ1n) is 28.7. The van der Waals surface area contributed by atoms with Crippen molar-refractivity contribution in [3.63, 3.8) is 0 Å². The van der Waals surface area contributed by atoms with Gasteiger partial charge >= 0.3 is 17.9 Å². The van der Waals surface area contributed by atoms with Crippen molar-refractivity contribution >= 4 is 17.9 Å². The van der Waals surface area contributed by atoms with E-state index in [4.69, 9.17) is 14.2 Å². The van der Waals surface area contributed by atoms with E-state index in [2.05, 4.69) is 34.6 Å². The van der Waals surface area contributed by atoms with Crippen molar-refractivity contribution in [2.24, 2.45) is 11.8 Å². The Labute approximate surface area is 399 Å². The van der Waals surface area contributed by atoms with Crippen molar-refractivity contribution in [3.05, 3.63) is 0 Å². The molecule has 0 amide bonds. The second-order valence-electron chi connectivity index (χ2n) is 20.9. The number of hydrogen-bond acceptors (Lipinski definition) is 6. The van der Waals surface area contributed by atoms with E-state index in [-0.39, 0.29) is 31.1 Å². The molecule has 380 valence electrons. The smallest absolute Gasteiger partial charge is 0.306 e. The standard InChI is InChI=1S/C58H112O6/c1-6-7-8-9-10-26-33-38-43-48-56(59)62-51-55(52-63-57(60)49-44-39-34-29-24-21-17-19-23-28-32-37-42-47-54(4)5)64-58(61)50-45-40-35-30-25-20-16-14-12-11-13-15-18-22-27-31-36-41-46-53(2)3/h53-55H,6-52H2,1-5H3/t55-/m0/s1. The van der Waals surface area contributed by atoms with E-state index < -0.39 is 6.10 Å². The van der Waals surface area contributed by atoms with E-state index >= 15 is 0 Å². The molecule has 0 aliphatic rings. The zero-order chi connectivity index (χ0) is 46.8. The fourth-order valence-electron chi connectivity index (χ4n) is 8.87. The van der Waals surface area contributed by atoms with E-state index in [9.17, 15) is 14.4 Å². The molecule has 0 spiro atoms. The second-order valence-corrected chi connectivity index (χ2v) is 20.9. The second kappa shape index (κ2) is 50.8. The SMILES string of the molecule is CCCCCCCCCCCC(=O)OC[C@@H](COC(=O)CCCCCCCCCCCCCCCC(C)C)OC(=O)CCCCCCCCCCCCCCCCCCCCC(C)C. The molecule has 6 nitrogen and oxygen atoms in total. The van der Waals surface area contributed by atoms with Crippen LogP contribution in [0.5, 0.6) is 0 Å². The van der Waals surface area contributed by atoms with Gasteiger partial charge in [0.05, 0.1) is 0 Å². The van der Waals surface area contributed by atoms with Gasteiger partial charge in [-0.2, -0.15) is 0 Å². The maximum absolute atomic E-state index is 12.8. The van der Waals surface area contributed by atoms with Crippen LogP contribution in [0.25, 0.3) is 0 Å². The molecule has 0 heterocycles. The highest BCUT2D eigenvalue weighted by Gasteiger charge is 2.19. The molecule has 0 aromatic carbocycles. The fraction of sp³-hybridized carbons (Fsp3) is 0.948. The molecule has 6 heteroatoms. The van der Waals surface area contributed by atoms with Crippen LogP contribution in [0, 0.1) is 11.8 Å². The monoisotopic (exact) mass is 905 g/mol. The van der Waals surface area contributed by atoms with Crippen LogP contribution in [-0.4, -0.2) is 37.2 Å². The minimum absolute atomic E-state index is 0.0629. The molecule has 0 aliphatic carbocycles. The summed E-state index contributed by atoms with van der Waals surface area (Å²) < 4.78 is 16.8. The number of carbonyl (C=O) groups excluding carboxylic acids is 3. The maximum Gasteiger partial charge on any atom is 0.306 e. The summed E-state index contributed by atoms with van der Waals surface area (Å²) in [4.78, 5) is 38.0. The van der Waals surface area contributed by atoms with Crippen molar-refractivity contribution in [2.45, 2.75) is 330 Å². The normalized spacial score (nSPS) is 12.0. The fourth-order valence-corrected chi connectivity index (χ4v) is 8.87. The average Bonchev–Trinajstić information content (AvgIpc) is 3.27. The van der Waals surface area contributed by atoms with Gasteiger partial charge in [0.1, 0.15) is 13.2 Å². The van der Waals surface area contributed by atoms with Gasteiger partial charge in [-0.3, -0.25) is 14.4 Å². The summed E-state index contributed by atoms with van der Waals surface area (Å²) in [5.41, 5.74) is 0. The lowest BCUT2D eigenvalue weighted by Crippen LogP contribution is -2.30. The summed E-state index contributed by atoms with van der Waals surface area (Å²) in [5, 5.41) is 0. The van der Waals surface area contributed by atoms with E-state index in [1.54, 1.807) is 0 Å². The molecule has 0 bridgehead atoms. The highest BCUT2D eigenvalue weighted by Crippen LogP contribution is 2.18. The Morgan fingerprint density at radius 3 is 0.766 bits per heavy atom. The lowest BCUT2D eigenvalue weighted by Gasteiger charge is -2.18.